The molecule has 40 heavy (non-hydrogen) atoms. The van der Waals surface area contributed by atoms with Crippen LogP contribution in [0.2, 0.25) is 0 Å². The molecule has 0 aliphatic carbocycles. The van der Waals surface area contributed by atoms with E-state index in [2.05, 4.69) is 20.4 Å². The average molecular weight is 592 g/mol. The molecule has 3 heterocycles. The van der Waals surface area contributed by atoms with Crippen molar-refractivity contribution in [1.29, 1.82) is 0 Å². The zero-order valence-corrected chi connectivity index (χ0v) is 24.2. The SMILES string of the molecule is COCCCS(=O)(=O)c1ccc(/C(=N\O[C@@H]2CCOC2)C(=O)Nc2nc3ccc(OCC(C)(C)N)nc3s2)cc1. The summed E-state index contributed by atoms with van der Waals surface area (Å²) in [6, 6.07) is 9.39. The van der Waals surface area contributed by atoms with Crippen molar-refractivity contribution in [3.63, 3.8) is 0 Å². The number of amides is 1. The van der Waals surface area contributed by atoms with Gasteiger partial charge in [-0.3, -0.25) is 10.1 Å². The van der Waals surface area contributed by atoms with Gasteiger partial charge in [0.2, 0.25) is 5.88 Å². The molecule has 3 N–H and O–H groups in total. The van der Waals surface area contributed by atoms with E-state index in [4.69, 9.17) is 24.8 Å². The lowest BCUT2D eigenvalue weighted by atomic mass is 10.1. The lowest BCUT2D eigenvalue weighted by molar-refractivity contribution is -0.110. The maximum absolute atomic E-state index is 13.4. The number of nitrogens with two attached hydrogens (primary N) is 1. The maximum Gasteiger partial charge on any atom is 0.280 e. The number of methoxy groups -OCH3 is 1. The summed E-state index contributed by atoms with van der Waals surface area (Å²) in [6.45, 7) is 5.25. The molecule has 1 aliphatic heterocycles. The molecular weight excluding hydrogens is 558 g/mol. The number of fused-ring (bicyclic) bond motifs is 1. The minimum Gasteiger partial charge on any atom is -0.476 e. The van der Waals surface area contributed by atoms with Gasteiger partial charge in [0.05, 0.1) is 23.9 Å². The molecule has 2 aromatic heterocycles. The number of nitrogens with zero attached hydrogens (tertiary/aromatic N) is 3. The second-order valence-corrected chi connectivity index (χ2v) is 13.0. The number of pyridine rings is 1. The predicted molar refractivity (Wildman–Crippen MR) is 152 cm³/mol. The highest BCUT2D eigenvalue weighted by Gasteiger charge is 2.23. The minimum absolute atomic E-state index is 0.0309. The summed E-state index contributed by atoms with van der Waals surface area (Å²) in [7, 11) is -1.98. The Bertz CT molecular complexity index is 1440. The molecule has 216 valence electrons. The summed E-state index contributed by atoms with van der Waals surface area (Å²) in [4.78, 5) is 28.5. The van der Waals surface area contributed by atoms with E-state index in [0.717, 1.165) is 0 Å². The number of nitrogens with one attached hydrogen (secondary N) is 1. The molecule has 0 unspecified atom stereocenters. The number of hydrogen-bond donors (Lipinski definition) is 2. The Labute approximate surface area is 236 Å². The Hall–Kier alpha value is -3.17. The van der Waals surface area contributed by atoms with E-state index in [1.807, 2.05) is 13.8 Å². The number of anilines is 1. The van der Waals surface area contributed by atoms with Crippen LogP contribution in [0.1, 0.15) is 32.3 Å². The van der Waals surface area contributed by atoms with E-state index in [0.29, 0.717) is 59.6 Å². The van der Waals surface area contributed by atoms with Gasteiger partial charge in [-0.05, 0) is 38.5 Å². The standard InChI is InChI=1S/C26H33N5O7S2/c1-26(2,27)16-37-21-10-9-20-24(29-21)39-25(28-20)30-23(32)22(31-38-18-11-13-36-15-18)17-5-7-19(8-6-17)40(33,34)14-4-12-35-3/h5-10,18H,4,11-16,27H2,1-3H3,(H,28,30,32)/b31-22+/t18-/m1/s1. The lowest BCUT2D eigenvalue weighted by Gasteiger charge is -2.18. The van der Waals surface area contributed by atoms with Crippen LogP contribution in [0.5, 0.6) is 5.88 Å². The molecule has 12 nitrogen and oxygen atoms in total. The van der Waals surface area contributed by atoms with Crippen LogP contribution < -0.4 is 15.8 Å². The fraction of sp³-hybridized carbons (Fsp3) is 0.462. The van der Waals surface area contributed by atoms with Crippen LogP contribution >= 0.6 is 11.3 Å². The monoisotopic (exact) mass is 591 g/mol. The number of oxime groups is 1. The molecule has 1 amide bonds. The summed E-state index contributed by atoms with van der Waals surface area (Å²) in [6.07, 6.45) is 0.737. The molecule has 1 saturated heterocycles. The summed E-state index contributed by atoms with van der Waals surface area (Å²) >= 11 is 1.17. The van der Waals surface area contributed by atoms with Gasteiger partial charge in [0.1, 0.15) is 17.0 Å². The van der Waals surface area contributed by atoms with Crippen molar-refractivity contribution in [2.24, 2.45) is 10.9 Å². The van der Waals surface area contributed by atoms with Crippen molar-refractivity contribution >= 4 is 48.3 Å². The molecule has 0 radical (unpaired) electrons. The maximum atomic E-state index is 13.4. The van der Waals surface area contributed by atoms with Crippen LogP contribution in [0, 0.1) is 0 Å². The number of sulfone groups is 1. The molecule has 0 bridgehead atoms. The Morgan fingerprint density at radius 3 is 2.67 bits per heavy atom. The van der Waals surface area contributed by atoms with Gasteiger partial charge < -0.3 is 24.8 Å². The van der Waals surface area contributed by atoms with E-state index >= 15 is 0 Å². The van der Waals surface area contributed by atoms with E-state index in [-0.39, 0.29) is 29.1 Å². The number of ether oxygens (including phenoxy) is 3. The number of benzene rings is 1. The molecule has 1 aromatic carbocycles. The van der Waals surface area contributed by atoms with Gasteiger partial charge in [0, 0.05) is 37.3 Å². The summed E-state index contributed by atoms with van der Waals surface area (Å²) < 4.78 is 41.2. The van der Waals surface area contributed by atoms with Crippen LogP contribution in [-0.2, 0) is 28.9 Å². The summed E-state index contributed by atoms with van der Waals surface area (Å²) in [5.74, 6) is -0.219. The van der Waals surface area contributed by atoms with Crippen LogP contribution in [0.15, 0.2) is 46.4 Å². The topological polar surface area (TPSA) is 164 Å². The second-order valence-electron chi connectivity index (χ2n) is 9.94. The number of carbonyl (C=O) groups excluding carboxylic acids is 1. The first-order valence-electron chi connectivity index (χ1n) is 12.7. The second kappa shape index (κ2) is 13.0. The highest BCUT2D eigenvalue weighted by molar-refractivity contribution is 7.91. The van der Waals surface area contributed by atoms with Gasteiger partial charge in [-0.1, -0.05) is 28.6 Å². The number of thiazole rings is 1. The third-order valence-electron chi connectivity index (χ3n) is 5.69. The highest BCUT2D eigenvalue weighted by Crippen LogP contribution is 2.27. The summed E-state index contributed by atoms with van der Waals surface area (Å²) in [5, 5.41) is 7.19. The van der Waals surface area contributed by atoms with Gasteiger partial charge in [0.25, 0.3) is 5.91 Å². The molecule has 4 rings (SSSR count). The number of rotatable bonds is 13. The largest absolute Gasteiger partial charge is 0.476 e. The molecule has 0 saturated carbocycles. The molecule has 14 heteroatoms. The average Bonchev–Trinajstić information content (AvgIpc) is 3.57. The first kappa shape index (κ1) is 29.8. The van der Waals surface area contributed by atoms with Crippen molar-refractivity contribution in [2.75, 3.05) is 44.6 Å². The first-order valence-corrected chi connectivity index (χ1v) is 15.2. The van der Waals surface area contributed by atoms with Crippen molar-refractivity contribution < 1.29 is 32.3 Å². The van der Waals surface area contributed by atoms with Gasteiger partial charge in [0.15, 0.2) is 26.8 Å². The van der Waals surface area contributed by atoms with Crippen LogP contribution in [0.4, 0.5) is 5.13 Å². The molecule has 1 atom stereocenters. The first-order chi connectivity index (χ1) is 19.0. The number of carbonyl (C=O) groups is 1. The fourth-order valence-corrected chi connectivity index (χ4v) is 5.74. The molecule has 1 aliphatic rings. The van der Waals surface area contributed by atoms with Crippen molar-refractivity contribution in [3.8, 4) is 5.88 Å². The van der Waals surface area contributed by atoms with Gasteiger partial charge in [-0.2, -0.15) is 0 Å². The Balaban J connectivity index is 1.53. The van der Waals surface area contributed by atoms with Crippen molar-refractivity contribution in [3.05, 3.63) is 42.0 Å². The Morgan fingerprint density at radius 1 is 1.23 bits per heavy atom. The Kier molecular flexibility index (Phi) is 9.68. The smallest absolute Gasteiger partial charge is 0.280 e. The zero-order valence-electron chi connectivity index (χ0n) is 22.6. The van der Waals surface area contributed by atoms with Crippen molar-refractivity contribution in [2.45, 2.75) is 43.2 Å². The normalized spacial score (nSPS) is 16.3. The third kappa shape index (κ3) is 8.17. The molecular formula is C26H33N5O7S2. The van der Waals surface area contributed by atoms with E-state index in [1.54, 1.807) is 12.1 Å². The minimum atomic E-state index is -3.50. The molecule has 3 aromatic rings. The number of aromatic nitrogens is 2. The van der Waals surface area contributed by atoms with Crippen LogP contribution in [-0.4, -0.2) is 80.9 Å². The van der Waals surface area contributed by atoms with Gasteiger partial charge >= 0.3 is 0 Å². The van der Waals surface area contributed by atoms with E-state index in [9.17, 15) is 13.2 Å². The summed E-state index contributed by atoms with van der Waals surface area (Å²) in [5.41, 5.74) is 6.40. The van der Waals surface area contributed by atoms with Crippen LogP contribution in [0.3, 0.4) is 0 Å². The quantitative estimate of drug-likeness (QED) is 0.172. The Morgan fingerprint density at radius 2 is 2.00 bits per heavy atom. The highest BCUT2D eigenvalue weighted by atomic mass is 32.2. The fourth-order valence-electron chi connectivity index (χ4n) is 3.63. The number of hydrogen-bond acceptors (Lipinski definition) is 12. The third-order valence-corrected chi connectivity index (χ3v) is 8.38. The lowest BCUT2D eigenvalue weighted by Crippen LogP contribution is -2.38. The van der Waals surface area contributed by atoms with Gasteiger partial charge in [-0.15, -0.1) is 0 Å². The van der Waals surface area contributed by atoms with E-state index in [1.165, 1.54) is 42.7 Å². The van der Waals surface area contributed by atoms with Crippen molar-refractivity contribution in [1.82, 2.24) is 9.97 Å². The van der Waals surface area contributed by atoms with Gasteiger partial charge in [-0.25, -0.2) is 18.4 Å². The van der Waals surface area contributed by atoms with E-state index < -0.39 is 21.3 Å². The molecule has 0 spiro atoms. The zero-order chi connectivity index (χ0) is 28.8. The predicted octanol–water partition coefficient (Wildman–Crippen LogP) is 2.77. The molecule has 1 fully saturated rings. The van der Waals surface area contributed by atoms with Crippen LogP contribution in [0.25, 0.3) is 10.3 Å².